The van der Waals surface area contributed by atoms with Crippen molar-refractivity contribution in [2.45, 2.75) is 52.5 Å². The van der Waals surface area contributed by atoms with Crippen molar-refractivity contribution in [3.63, 3.8) is 0 Å². The number of pyridine rings is 2. The van der Waals surface area contributed by atoms with E-state index in [1.165, 1.54) is 42.9 Å². The second-order valence-electron chi connectivity index (χ2n) is 10.9. The molecule has 9 nitrogen and oxygen atoms in total. The Kier molecular flexibility index (Phi) is 9.81. The fourth-order valence-electron chi connectivity index (χ4n) is 5.59. The average Bonchev–Trinajstić information content (AvgIpc) is 3.42. The first-order valence-electron chi connectivity index (χ1n) is 15.0. The third kappa shape index (κ3) is 6.63. The molecule has 1 amide bonds. The van der Waals surface area contributed by atoms with Crippen molar-refractivity contribution in [2.75, 3.05) is 51.1 Å². The number of piperidine rings is 1. The second-order valence-corrected chi connectivity index (χ2v) is 11.9. The topological polar surface area (TPSA) is 95.4 Å². The lowest BCUT2D eigenvalue weighted by molar-refractivity contribution is 0.0947. The van der Waals surface area contributed by atoms with Crippen molar-refractivity contribution in [3.8, 4) is 5.13 Å². The summed E-state index contributed by atoms with van der Waals surface area (Å²) in [5, 5.41) is 6.61. The predicted molar refractivity (Wildman–Crippen MR) is 169 cm³/mol. The lowest BCUT2D eigenvalue weighted by Crippen LogP contribution is -2.40. The van der Waals surface area contributed by atoms with Gasteiger partial charge in [-0.3, -0.25) is 19.1 Å². The highest BCUT2D eigenvalue weighted by atomic mass is 32.1. The zero-order chi connectivity index (χ0) is 29.6. The molecule has 1 aliphatic heterocycles. The van der Waals surface area contributed by atoms with Gasteiger partial charge in [-0.1, -0.05) is 43.7 Å². The highest BCUT2D eigenvalue weighted by Crippen LogP contribution is 2.28. The van der Waals surface area contributed by atoms with Crippen molar-refractivity contribution in [1.29, 1.82) is 0 Å². The van der Waals surface area contributed by atoms with Gasteiger partial charge in [-0.25, -0.2) is 14.4 Å². The minimum absolute atomic E-state index is 0.0378. The van der Waals surface area contributed by atoms with E-state index >= 15 is 4.39 Å². The van der Waals surface area contributed by atoms with Crippen LogP contribution in [0.5, 0.6) is 0 Å². The summed E-state index contributed by atoms with van der Waals surface area (Å²) in [7, 11) is 0. The number of fused-ring (bicyclic) bond motifs is 2. The number of likely N-dealkylation sites (tertiary alicyclic amines) is 1. The molecule has 224 valence electrons. The molecule has 1 saturated heterocycles. The van der Waals surface area contributed by atoms with Crippen LogP contribution in [0.4, 0.5) is 10.2 Å². The number of carbonyl (C=O) groups is 1. The molecule has 5 rings (SSSR count). The van der Waals surface area contributed by atoms with Crippen molar-refractivity contribution in [2.24, 2.45) is 0 Å². The fraction of sp³-hybridized carbons (Fsp3) is 0.484. The first kappa shape index (κ1) is 30.1. The summed E-state index contributed by atoms with van der Waals surface area (Å²) in [6, 6.07) is 9.41. The van der Waals surface area contributed by atoms with Crippen LogP contribution in [0.15, 0.2) is 41.3 Å². The monoisotopic (exact) mass is 593 g/mol. The Hall–Kier alpha value is -3.41. The van der Waals surface area contributed by atoms with Gasteiger partial charge in [0.1, 0.15) is 5.56 Å². The van der Waals surface area contributed by atoms with Gasteiger partial charge >= 0.3 is 0 Å². The molecule has 2 N–H and O–H groups in total. The Morgan fingerprint density at radius 3 is 2.76 bits per heavy atom. The van der Waals surface area contributed by atoms with Gasteiger partial charge in [0, 0.05) is 38.4 Å². The summed E-state index contributed by atoms with van der Waals surface area (Å²) < 4.78 is 18.0. The summed E-state index contributed by atoms with van der Waals surface area (Å²) in [5.74, 6) is -1.05. The number of rotatable bonds is 12. The molecular weight excluding hydrogens is 553 g/mol. The summed E-state index contributed by atoms with van der Waals surface area (Å²) >= 11 is 1.42. The fourth-order valence-corrected chi connectivity index (χ4v) is 6.54. The summed E-state index contributed by atoms with van der Waals surface area (Å²) in [6.07, 6.45) is 6.10. The summed E-state index contributed by atoms with van der Waals surface area (Å²) in [6.45, 7) is 11.6. The Balaban J connectivity index is 1.48. The minimum atomic E-state index is -0.627. The van der Waals surface area contributed by atoms with Crippen molar-refractivity contribution in [3.05, 3.63) is 58.1 Å². The first-order chi connectivity index (χ1) is 20.4. The van der Waals surface area contributed by atoms with Crippen LogP contribution in [-0.4, -0.2) is 82.1 Å². The lowest BCUT2D eigenvalue weighted by Gasteiger charge is -2.33. The van der Waals surface area contributed by atoms with Gasteiger partial charge in [-0.05, 0) is 64.0 Å². The molecule has 11 heteroatoms. The Morgan fingerprint density at radius 2 is 2.00 bits per heavy atom. The standard InChI is InChI=1S/C31H40FN7O2S/c1-4-15-37(5-2)17-13-34-30(41)23-20-39(31-35-25-11-6-7-12-26(25)42-31)29-22(27(23)40)19-24(32)28(36-29)33-14-18-38-16-9-8-10-21(38)3/h6-7,11-12,19-21H,4-5,8-10,13-18H2,1-3H3,(H,33,36)(H,34,41). The normalized spacial score (nSPS) is 16.0. The Bertz CT molecular complexity index is 1570. The third-order valence-corrected chi connectivity index (χ3v) is 9.03. The maximum absolute atomic E-state index is 15.4. The van der Waals surface area contributed by atoms with Crippen LogP contribution >= 0.6 is 11.3 Å². The summed E-state index contributed by atoms with van der Waals surface area (Å²) in [5.41, 5.74) is 0.426. The number of nitrogens with zero attached hydrogens (tertiary/aromatic N) is 5. The van der Waals surface area contributed by atoms with E-state index in [0.29, 0.717) is 30.8 Å². The molecule has 1 atom stereocenters. The van der Waals surface area contributed by atoms with Crippen LogP contribution in [0.1, 0.15) is 56.8 Å². The molecule has 4 aromatic rings. The first-order valence-corrected chi connectivity index (χ1v) is 15.8. The van der Waals surface area contributed by atoms with Gasteiger partial charge in [0.05, 0.1) is 15.6 Å². The van der Waals surface area contributed by atoms with Crippen molar-refractivity contribution in [1.82, 2.24) is 29.7 Å². The van der Waals surface area contributed by atoms with Crippen molar-refractivity contribution >= 4 is 44.3 Å². The van der Waals surface area contributed by atoms with Gasteiger partial charge in [0.25, 0.3) is 5.91 Å². The van der Waals surface area contributed by atoms with E-state index in [9.17, 15) is 9.59 Å². The van der Waals surface area contributed by atoms with Gasteiger partial charge in [-0.2, -0.15) is 0 Å². The van der Waals surface area contributed by atoms with E-state index in [-0.39, 0.29) is 22.4 Å². The second kappa shape index (κ2) is 13.7. The number of nitrogens with one attached hydrogen (secondary N) is 2. The quantitative estimate of drug-likeness (QED) is 0.242. The number of carbonyl (C=O) groups excluding carboxylic acids is 1. The van der Waals surface area contributed by atoms with Crippen LogP contribution in [0.2, 0.25) is 0 Å². The van der Waals surface area contributed by atoms with Gasteiger partial charge in [0.15, 0.2) is 22.4 Å². The average molecular weight is 594 g/mol. The predicted octanol–water partition coefficient (Wildman–Crippen LogP) is 4.88. The number of aromatic nitrogens is 3. The Labute approximate surface area is 249 Å². The van der Waals surface area contributed by atoms with Crippen LogP contribution in [-0.2, 0) is 0 Å². The van der Waals surface area contributed by atoms with Crippen LogP contribution in [0.25, 0.3) is 26.4 Å². The maximum Gasteiger partial charge on any atom is 0.256 e. The van der Waals surface area contributed by atoms with E-state index in [1.807, 2.05) is 24.3 Å². The molecule has 1 aliphatic rings. The molecule has 3 aromatic heterocycles. The number of anilines is 1. The third-order valence-electron chi connectivity index (χ3n) is 8.00. The van der Waals surface area contributed by atoms with E-state index in [2.05, 4.69) is 46.2 Å². The largest absolute Gasteiger partial charge is 0.366 e. The number of halogens is 1. The molecule has 1 unspecified atom stereocenters. The number of benzene rings is 1. The van der Waals surface area contributed by atoms with Gasteiger partial charge < -0.3 is 15.5 Å². The highest BCUT2D eigenvalue weighted by molar-refractivity contribution is 7.20. The van der Waals surface area contributed by atoms with Crippen LogP contribution in [0.3, 0.4) is 0 Å². The molecule has 0 saturated carbocycles. The van der Waals surface area contributed by atoms with E-state index < -0.39 is 17.2 Å². The van der Waals surface area contributed by atoms with Crippen LogP contribution < -0.4 is 16.1 Å². The van der Waals surface area contributed by atoms with Crippen molar-refractivity contribution < 1.29 is 9.18 Å². The number of hydrogen-bond acceptors (Lipinski definition) is 8. The molecule has 42 heavy (non-hydrogen) atoms. The Morgan fingerprint density at radius 1 is 1.17 bits per heavy atom. The van der Waals surface area contributed by atoms with E-state index in [4.69, 9.17) is 4.98 Å². The van der Waals surface area contributed by atoms with E-state index in [0.717, 1.165) is 42.8 Å². The molecule has 0 bridgehead atoms. The number of para-hydroxylation sites is 1. The van der Waals surface area contributed by atoms with Gasteiger partial charge in [-0.15, -0.1) is 0 Å². The number of hydrogen-bond donors (Lipinski definition) is 2. The SMILES string of the molecule is CCCN(CC)CCNC(=O)c1cn(-c2nc3ccccc3s2)c2nc(NCCN3CCCCC3C)c(F)cc2c1=O. The maximum atomic E-state index is 15.4. The van der Waals surface area contributed by atoms with E-state index in [1.54, 1.807) is 4.57 Å². The minimum Gasteiger partial charge on any atom is -0.366 e. The lowest BCUT2D eigenvalue weighted by atomic mass is 10.0. The summed E-state index contributed by atoms with van der Waals surface area (Å²) in [4.78, 5) is 40.8. The smallest absolute Gasteiger partial charge is 0.256 e. The molecule has 4 heterocycles. The number of thiazole rings is 1. The molecule has 1 aromatic carbocycles. The molecule has 0 radical (unpaired) electrons. The zero-order valence-corrected chi connectivity index (χ0v) is 25.5. The molecule has 0 aliphatic carbocycles. The van der Waals surface area contributed by atoms with Gasteiger partial charge in [0.2, 0.25) is 5.43 Å². The molecule has 1 fully saturated rings. The zero-order valence-electron chi connectivity index (χ0n) is 24.7. The number of likely N-dealkylation sites (N-methyl/N-ethyl adjacent to an activating group) is 1. The number of amides is 1. The molecular formula is C31H40FN7O2S. The van der Waals surface area contributed by atoms with Crippen LogP contribution in [0, 0.1) is 5.82 Å². The highest BCUT2D eigenvalue weighted by Gasteiger charge is 2.22. The molecule has 0 spiro atoms.